The zero-order valence-electron chi connectivity index (χ0n) is 11.9. The molecule has 0 saturated heterocycles. The normalized spacial score (nSPS) is 9.91. The molecule has 0 aliphatic heterocycles. The van der Waals surface area contributed by atoms with Gasteiger partial charge in [0, 0.05) is 10.2 Å². The van der Waals surface area contributed by atoms with Crippen LogP contribution in [0.1, 0.15) is 10.4 Å². The fraction of sp³-hybridized carbons (Fsp3) is 0.125. The monoisotopic (exact) mass is 362 g/mol. The molecule has 2 aromatic carbocycles. The van der Waals surface area contributed by atoms with Gasteiger partial charge >= 0.3 is 5.97 Å². The first-order chi connectivity index (χ1) is 10.6. The van der Waals surface area contributed by atoms with E-state index in [9.17, 15) is 9.59 Å². The number of halogens is 1. The third-order valence-electron chi connectivity index (χ3n) is 2.88. The lowest BCUT2D eigenvalue weighted by atomic mass is 10.2. The number of nitrogens with one attached hydrogen (secondary N) is 2. The Morgan fingerprint density at radius 2 is 1.91 bits per heavy atom. The second-order valence-corrected chi connectivity index (χ2v) is 5.36. The van der Waals surface area contributed by atoms with Gasteiger partial charge in [-0.15, -0.1) is 0 Å². The molecule has 114 valence electrons. The second-order valence-electron chi connectivity index (χ2n) is 4.45. The molecule has 5 nitrogen and oxygen atoms in total. The first-order valence-electron chi connectivity index (χ1n) is 6.57. The van der Waals surface area contributed by atoms with Crippen molar-refractivity contribution in [3.8, 4) is 0 Å². The molecule has 0 saturated carbocycles. The van der Waals surface area contributed by atoms with Crippen LogP contribution in [0.25, 0.3) is 0 Å². The molecule has 0 unspecified atom stereocenters. The maximum atomic E-state index is 12.0. The molecule has 0 heterocycles. The van der Waals surface area contributed by atoms with Crippen LogP contribution in [0.5, 0.6) is 0 Å². The van der Waals surface area contributed by atoms with E-state index in [1.807, 2.05) is 24.3 Å². The lowest BCUT2D eigenvalue weighted by Gasteiger charge is -2.11. The van der Waals surface area contributed by atoms with Crippen molar-refractivity contribution in [2.24, 2.45) is 0 Å². The number of amides is 1. The third kappa shape index (κ3) is 4.33. The Kier molecular flexibility index (Phi) is 5.55. The first-order valence-corrected chi connectivity index (χ1v) is 7.36. The van der Waals surface area contributed by atoms with Gasteiger partial charge in [0.25, 0.3) is 0 Å². The summed E-state index contributed by atoms with van der Waals surface area (Å²) in [5, 5.41) is 5.71. The zero-order chi connectivity index (χ0) is 15.9. The summed E-state index contributed by atoms with van der Waals surface area (Å²) in [5.41, 5.74) is 1.57. The van der Waals surface area contributed by atoms with Gasteiger partial charge in [0.2, 0.25) is 5.91 Å². The van der Waals surface area contributed by atoms with Crippen molar-refractivity contribution in [2.45, 2.75) is 0 Å². The number of hydrogen-bond acceptors (Lipinski definition) is 4. The van der Waals surface area contributed by atoms with Crippen LogP contribution in [0, 0.1) is 0 Å². The summed E-state index contributed by atoms with van der Waals surface area (Å²) in [7, 11) is 1.30. The smallest absolute Gasteiger partial charge is 0.339 e. The minimum Gasteiger partial charge on any atom is -0.465 e. The van der Waals surface area contributed by atoms with Crippen LogP contribution < -0.4 is 10.6 Å². The van der Waals surface area contributed by atoms with Crippen molar-refractivity contribution >= 4 is 39.2 Å². The SMILES string of the molecule is COC(=O)c1ccccc1NC(=O)CNc1cccc(Br)c1. The van der Waals surface area contributed by atoms with Crippen molar-refractivity contribution in [1.82, 2.24) is 0 Å². The van der Waals surface area contributed by atoms with Gasteiger partial charge < -0.3 is 15.4 Å². The number of hydrogen-bond donors (Lipinski definition) is 2. The van der Waals surface area contributed by atoms with Gasteiger partial charge in [-0.05, 0) is 30.3 Å². The summed E-state index contributed by atoms with van der Waals surface area (Å²) in [5.74, 6) is -0.743. The zero-order valence-corrected chi connectivity index (χ0v) is 13.5. The van der Waals surface area contributed by atoms with Gasteiger partial charge in [-0.1, -0.05) is 34.1 Å². The fourth-order valence-electron chi connectivity index (χ4n) is 1.86. The summed E-state index contributed by atoms with van der Waals surface area (Å²) in [6, 6.07) is 14.2. The molecule has 0 spiro atoms. The molecule has 2 N–H and O–H groups in total. The molecule has 0 bridgehead atoms. The highest BCUT2D eigenvalue weighted by molar-refractivity contribution is 9.10. The quantitative estimate of drug-likeness (QED) is 0.800. The van der Waals surface area contributed by atoms with Gasteiger partial charge in [0.1, 0.15) is 0 Å². The Labute approximate surface area is 136 Å². The Morgan fingerprint density at radius 1 is 1.14 bits per heavy atom. The highest BCUT2D eigenvalue weighted by atomic mass is 79.9. The molecule has 2 rings (SSSR count). The van der Waals surface area contributed by atoms with E-state index in [0.717, 1.165) is 10.2 Å². The number of anilines is 2. The summed E-state index contributed by atoms with van der Waals surface area (Å²) in [6.45, 7) is 0.0892. The van der Waals surface area contributed by atoms with Crippen LogP contribution >= 0.6 is 15.9 Å². The lowest BCUT2D eigenvalue weighted by molar-refractivity contribution is -0.114. The van der Waals surface area contributed by atoms with Crippen molar-refractivity contribution < 1.29 is 14.3 Å². The van der Waals surface area contributed by atoms with Gasteiger partial charge in [-0.3, -0.25) is 4.79 Å². The molecule has 0 aliphatic carbocycles. The average Bonchev–Trinajstić information content (AvgIpc) is 2.53. The number of carbonyl (C=O) groups is 2. The number of para-hydroxylation sites is 1. The molecular formula is C16H15BrN2O3. The maximum absolute atomic E-state index is 12.0. The Hall–Kier alpha value is -2.34. The molecule has 0 radical (unpaired) electrons. The van der Waals surface area contributed by atoms with Crippen LogP contribution in [0.3, 0.4) is 0 Å². The first kappa shape index (κ1) is 16.0. The molecule has 0 aromatic heterocycles. The Bertz CT molecular complexity index is 689. The van der Waals surface area contributed by atoms with Crippen molar-refractivity contribution in [3.05, 3.63) is 58.6 Å². The van der Waals surface area contributed by atoms with Gasteiger partial charge in [0.15, 0.2) is 0 Å². The van der Waals surface area contributed by atoms with Crippen LogP contribution in [0.15, 0.2) is 53.0 Å². The molecule has 22 heavy (non-hydrogen) atoms. The maximum Gasteiger partial charge on any atom is 0.339 e. The van der Waals surface area contributed by atoms with Crippen molar-refractivity contribution in [1.29, 1.82) is 0 Å². The number of esters is 1. The van der Waals surface area contributed by atoms with E-state index in [2.05, 4.69) is 31.3 Å². The highest BCUT2D eigenvalue weighted by Crippen LogP contribution is 2.17. The molecule has 0 atom stereocenters. The molecule has 0 fully saturated rings. The lowest BCUT2D eigenvalue weighted by Crippen LogP contribution is -2.23. The average molecular weight is 363 g/mol. The van der Waals surface area contributed by atoms with E-state index in [-0.39, 0.29) is 12.5 Å². The van der Waals surface area contributed by atoms with E-state index in [4.69, 9.17) is 0 Å². The van der Waals surface area contributed by atoms with Gasteiger partial charge in [0.05, 0.1) is 24.9 Å². The molecule has 0 aliphatic rings. The number of carbonyl (C=O) groups excluding carboxylic acids is 2. The third-order valence-corrected chi connectivity index (χ3v) is 3.38. The summed E-state index contributed by atoms with van der Waals surface area (Å²) in [4.78, 5) is 23.6. The highest BCUT2D eigenvalue weighted by Gasteiger charge is 2.12. The van der Waals surface area contributed by atoms with Crippen LogP contribution in [-0.4, -0.2) is 25.5 Å². The number of ether oxygens (including phenoxy) is 1. The minimum absolute atomic E-state index is 0.0892. The molecule has 2 aromatic rings. The number of methoxy groups -OCH3 is 1. The predicted octanol–water partition coefficient (Wildman–Crippen LogP) is 3.29. The van der Waals surface area contributed by atoms with E-state index in [0.29, 0.717) is 11.3 Å². The number of benzene rings is 2. The van der Waals surface area contributed by atoms with Crippen LogP contribution in [0.2, 0.25) is 0 Å². The van der Waals surface area contributed by atoms with Crippen LogP contribution in [0.4, 0.5) is 11.4 Å². The van der Waals surface area contributed by atoms with E-state index < -0.39 is 5.97 Å². The van der Waals surface area contributed by atoms with E-state index in [1.165, 1.54) is 7.11 Å². The minimum atomic E-state index is -0.490. The molecule has 6 heteroatoms. The molecule has 1 amide bonds. The van der Waals surface area contributed by atoms with Crippen molar-refractivity contribution in [2.75, 3.05) is 24.3 Å². The largest absolute Gasteiger partial charge is 0.465 e. The van der Waals surface area contributed by atoms with E-state index in [1.54, 1.807) is 24.3 Å². The Morgan fingerprint density at radius 3 is 2.64 bits per heavy atom. The topological polar surface area (TPSA) is 67.4 Å². The van der Waals surface area contributed by atoms with Crippen molar-refractivity contribution in [3.63, 3.8) is 0 Å². The van der Waals surface area contributed by atoms with E-state index >= 15 is 0 Å². The fourth-order valence-corrected chi connectivity index (χ4v) is 2.25. The van der Waals surface area contributed by atoms with Gasteiger partial charge in [-0.25, -0.2) is 4.79 Å². The summed E-state index contributed by atoms with van der Waals surface area (Å²) < 4.78 is 5.61. The second kappa shape index (κ2) is 7.61. The number of rotatable bonds is 5. The Balaban J connectivity index is 1.99. The van der Waals surface area contributed by atoms with Gasteiger partial charge in [-0.2, -0.15) is 0 Å². The molecular weight excluding hydrogens is 348 g/mol. The van der Waals surface area contributed by atoms with Crippen LogP contribution in [-0.2, 0) is 9.53 Å². The summed E-state index contributed by atoms with van der Waals surface area (Å²) >= 11 is 3.36. The summed E-state index contributed by atoms with van der Waals surface area (Å²) in [6.07, 6.45) is 0. The standard InChI is InChI=1S/C16H15BrN2O3/c1-22-16(21)13-7-2-3-8-14(13)19-15(20)10-18-12-6-4-5-11(17)9-12/h2-9,18H,10H2,1H3,(H,19,20). The predicted molar refractivity (Wildman–Crippen MR) is 89.0 cm³/mol.